The largest absolute Gasteiger partial charge is 0.493 e. The Kier molecular flexibility index (Phi) is 3.39. The van der Waals surface area contributed by atoms with Gasteiger partial charge in [-0.3, -0.25) is 0 Å². The summed E-state index contributed by atoms with van der Waals surface area (Å²) in [5, 5.41) is -0.0779. The summed E-state index contributed by atoms with van der Waals surface area (Å²) in [6.45, 7) is 2.87. The maximum atomic E-state index is 6.57. The van der Waals surface area contributed by atoms with E-state index in [0.29, 0.717) is 0 Å². The van der Waals surface area contributed by atoms with Crippen molar-refractivity contribution in [2.75, 3.05) is 6.61 Å². The molecule has 1 aliphatic rings. The van der Waals surface area contributed by atoms with Gasteiger partial charge in [-0.15, -0.1) is 22.9 Å². The number of aryl methyl sites for hydroxylation is 1. The van der Waals surface area contributed by atoms with Crippen molar-refractivity contribution in [3.8, 4) is 5.75 Å². The van der Waals surface area contributed by atoms with Crippen LogP contribution in [-0.2, 0) is 6.42 Å². The van der Waals surface area contributed by atoms with Crippen LogP contribution < -0.4 is 4.74 Å². The third-order valence-electron chi connectivity index (χ3n) is 3.13. The highest BCUT2D eigenvalue weighted by atomic mass is 79.9. The van der Waals surface area contributed by atoms with E-state index in [1.54, 1.807) is 11.3 Å². The molecule has 0 saturated carbocycles. The molecule has 18 heavy (non-hydrogen) atoms. The summed E-state index contributed by atoms with van der Waals surface area (Å²) in [4.78, 5) is 1.18. The van der Waals surface area contributed by atoms with Crippen LogP contribution in [-0.4, -0.2) is 6.61 Å². The van der Waals surface area contributed by atoms with Gasteiger partial charge < -0.3 is 4.74 Å². The minimum Gasteiger partial charge on any atom is -0.493 e. The molecule has 1 nitrogen and oxygen atoms in total. The second-order valence-corrected chi connectivity index (χ2v) is 7.27. The summed E-state index contributed by atoms with van der Waals surface area (Å²) in [7, 11) is 0. The zero-order chi connectivity index (χ0) is 12.7. The van der Waals surface area contributed by atoms with E-state index < -0.39 is 0 Å². The highest BCUT2D eigenvalue weighted by Gasteiger charge is 2.18. The quantitative estimate of drug-likeness (QED) is 0.691. The van der Waals surface area contributed by atoms with Crippen molar-refractivity contribution >= 4 is 38.9 Å². The summed E-state index contributed by atoms with van der Waals surface area (Å²) in [5.41, 5.74) is 3.66. The average molecular weight is 344 g/mol. The second kappa shape index (κ2) is 4.87. The molecule has 1 aromatic carbocycles. The number of rotatable bonds is 2. The Morgan fingerprint density at radius 3 is 2.94 bits per heavy atom. The molecule has 0 fully saturated rings. The number of thiophene rings is 1. The smallest absolute Gasteiger partial charge is 0.122 e. The molecular formula is C14H12BrClOS. The van der Waals surface area contributed by atoms with E-state index in [2.05, 4.69) is 41.1 Å². The molecule has 2 heterocycles. The number of hydrogen-bond acceptors (Lipinski definition) is 2. The predicted octanol–water partition coefficient (Wildman–Crippen LogP) is 5.08. The van der Waals surface area contributed by atoms with Crippen LogP contribution in [0.3, 0.4) is 0 Å². The van der Waals surface area contributed by atoms with Gasteiger partial charge in [-0.1, -0.05) is 12.1 Å². The molecule has 3 rings (SSSR count). The Morgan fingerprint density at radius 2 is 2.22 bits per heavy atom. The van der Waals surface area contributed by atoms with Gasteiger partial charge >= 0.3 is 0 Å². The van der Waals surface area contributed by atoms with Crippen molar-refractivity contribution in [3.05, 3.63) is 49.6 Å². The molecule has 1 unspecified atom stereocenters. The van der Waals surface area contributed by atoms with Crippen molar-refractivity contribution in [1.82, 2.24) is 0 Å². The zero-order valence-corrected chi connectivity index (χ0v) is 13.0. The molecule has 2 aromatic rings. The molecule has 4 heteroatoms. The maximum Gasteiger partial charge on any atom is 0.122 e. The summed E-state index contributed by atoms with van der Waals surface area (Å²) in [5.74, 6) is 1.01. The standard InChI is InChI=1S/C14H12BrClOS/c1-8-6-12(18-14(8)15)13(16)10-2-3-11-9(7-10)4-5-17-11/h2-3,6-7,13H,4-5H2,1H3. The van der Waals surface area contributed by atoms with Crippen molar-refractivity contribution in [3.63, 3.8) is 0 Å². The first-order chi connectivity index (χ1) is 8.65. The summed E-state index contributed by atoms with van der Waals surface area (Å²) in [6.07, 6.45) is 0.986. The Balaban J connectivity index is 1.94. The van der Waals surface area contributed by atoms with Crippen LogP contribution in [0, 0.1) is 6.92 Å². The van der Waals surface area contributed by atoms with E-state index >= 15 is 0 Å². The molecule has 94 valence electrons. The number of ether oxygens (including phenoxy) is 1. The first kappa shape index (κ1) is 12.5. The lowest BCUT2D eigenvalue weighted by atomic mass is 10.1. The Hall–Kier alpha value is -0.510. The molecule has 1 atom stereocenters. The third-order valence-corrected chi connectivity index (χ3v) is 5.95. The number of benzene rings is 1. The number of hydrogen-bond donors (Lipinski definition) is 0. The lowest BCUT2D eigenvalue weighted by Crippen LogP contribution is -1.91. The van der Waals surface area contributed by atoms with Crippen LogP contribution in [0.15, 0.2) is 28.1 Å². The van der Waals surface area contributed by atoms with Crippen molar-refractivity contribution in [2.45, 2.75) is 18.7 Å². The molecule has 1 aromatic heterocycles. The van der Waals surface area contributed by atoms with Crippen LogP contribution in [0.5, 0.6) is 5.75 Å². The normalized spacial score (nSPS) is 15.3. The monoisotopic (exact) mass is 342 g/mol. The third kappa shape index (κ3) is 2.20. The highest BCUT2D eigenvalue weighted by Crippen LogP contribution is 2.39. The zero-order valence-electron chi connectivity index (χ0n) is 9.87. The number of halogens is 2. The van der Waals surface area contributed by atoms with Gasteiger partial charge in [0.2, 0.25) is 0 Å². The lowest BCUT2D eigenvalue weighted by Gasteiger charge is -2.09. The average Bonchev–Trinajstić information content (AvgIpc) is 2.95. The molecule has 0 saturated heterocycles. The van der Waals surface area contributed by atoms with E-state index in [4.69, 9.17) is 16.3 Å². The van der Waals surface area contributed by atoms with Crippen molar-refractivity contribution in [2.24, 2.45) is 0 Å². The van der Waals surface area contributed by atoms with Gasteiger partial charge in [0.1, 0.15) is 5.75 Å². The summed E-state index contributed by atoms with van der Waals surface area (Å²) in [6, 6.07) is 8.41. The topological polar surface area (TPSA) is 9.23 Å². The number of fused-ring (bicyclic) bond motifs is 1. The van der Waals surface area contributed by atoms with Gasteiger partial charge in [0.15, 0.2) is 0 Å². The molecule has 0 radical (unpaired) electrons. The van der Waals surface area contributed by atoms with Gasteiger partial charge in [0.05, 0.1) is 15.8 Å². The van der Waals surface area contributed by atoms with Crippen molar-refractivity contribution < 1.29 is 4.74 Å². The molecule has 0 aliphatic carbocycles. The van der Waals surface area contributed by atoms with Crippen LogP contribution in [0.25, 0.3) is 0 Å². The number of alkyl halides is 1. The Labute approximate surface area is 124 Å². The van der Waals surface area contributed by atoms with Crippen LogP contribution >= 0.6 is 38.9 Å². The van der Waals surface area contributed by atoms with E-state index in [1.165, 1.54) is 16.0 Å². The first-order valence-electron chi connectivity index (χ1n) is 5.80. The minimum atomic E-state index is -0.0779. The van der Waals surface area contributed by atoms with Gasteiger partial charge in [-0.25, -0.2) is 0 Å². The molecule has 1 aliphatic heterocycles. The van der Waals surface area contributed by atoms with Gasteiger partial charge in [0, 0.05) is 11.3 Å². The van der Waals surface area contributed by atoms with E-state index in [1.807, 2.05) is 6.07 Å². The summed E-state index contributed by atoms with van der Waals surface area (Å²) < 4.78 is 6.67. The Bertz CT molecular complexity index is 574. The maximum absolute atomic E-state index is 6.57. The van der Waals surface area contributed by atoms with E-state index in [0.717, 1.165) is 28.1 Å². The minimum absolute atomic E-state index is 0.0779. The van der Waals surface area contributed by atoms with Crippen LogP contribution in [0.2, 0.25) is 0 Å². The molecule has 0 N–H and O–H groups in total. The van der Waals surface area contributed by atoms with Crippen LogP contribution in [0.4, 0.5) is 0 Å². The fourth-order valence-corrected chi connectivity index (χ4v) is 4.05. The van der Waals surface area contributed by atoms with E-state index in [9.17, 15) is 0 Å². The van der Waals surface area contributed by atoms with Crippen LogP contribution in [0.1, 0.15) is 26.9 Å². The lowest BCUT2D eigenvalue weighted by molar-refractivity contribution is 0.357. The van der Waals surface area contributed by atoms with Gasteiger partial charge in [-0.05, 0) is 51.7 Å². The molecule has 0 bridgehead atoms. The highest BCUT2D eigenvalue weighted by molar-refractivity contribution is 9.11. The summed E-state index contributed by atoms with van der Waals surface area (Å²) >= 11 is 11.8. The van der Waals surface area contributed by atoms with Gasteiger partial charge in [0.25, 0.3) is 0 Å². The first-order valence-corrected chi connectivity index (χ1v) is 7.85. The second-order valence-electron chi connectivity index (χ2n) is 4.43. The molecule has 0 amide bonds. The Morgan fingerprint density at radius 1 is 1.39 bits per heavy atom. The molecular weight excluding hydrogens is 332 g/mol. The fourth-order valence-electron chi connectivity index (χ4n) is 2.14. The molecule has 0 spiro atoms. The van der Waals surface area contributed by atoms with E-state index in [-0.39, 0.29) is 5.38 Å². The SMILES string of the molecule is Cc1cc(C(Cl)c2ccc3c(c2)CCO3)sc1Br. The fraction of sp³-hybridized carbons (Fsp3) is 0.286. The predicted molar refractivity (Wildman–Crippen MR) is 80.1 cm³/mol. The van der Waals surface area contributed by atoms with Gasteiger partial charge in [-0.2, -0.15) is 0 Å². The van der Waals surface area contributed by atoms with Crippen molar-refractivity contribution in [1.29, 1.82) is 0 Å².